The number of ether oxygens (including phenoxy) is 2. The summed E-state index contributed by atoms with van der Waals surface area (Å²) in [4.78, 5) is 55.7. The van der Waals surface area contributed by atoms with Crippen LogP contribution in [-0.2, 0) is 23.9 Å². The minimum absolute atomic E-state index is 0.0411. The molecular weight excluding hydrogens is 392 g/mol. The average Bonchev–Trinajstić information content (AvgIpc) is 2.64. The van der Waals surface area contributed by atoms with Crippen LogP contribution in [0, 0.1) is 20.2 Å². The fourth-order valence-corrected chi connectivity index (χ4v) is 2.00. The van der Waals surface area contributed by atoms with Gasteiger partial charge in [-0.2, -0.15) is 5.10 Å². The normalized spacial score (nSPS) is 10.8. The molecule has 0 saturated carbocycles. The number of non-ortho nitro benzene ring substituents is 1. The Morgan fingerprint density at radius 2 is 1.59 bits per heavy atom. The maximum Gasteiger partial charge on any atom is 0.313 e. The lowest BCUT2D eigenvalue weighted by Gasteiger charge is -2.07. The number of esters is 2. The number of hydrogen-bond acceptors (Lipinski definition) is 11. The van der Waals surface area contributed by atoms with Gasteiger partial charge in [-0.05, 0) is 19.9 Å². The van der Waals surface area contributed by atoms with Crippen LogP contribution in [0.5, 0.6) is 0 Å². The summed E-state index contributed by atoms with van der Waals surface area (Å²) in [7, 11) is 0. The van der Waals surface area contributed by atoms with Crippen LogP contribution in [0.15, 0.2) is 23.3 Å². The molecule has 1 rings (SSSR count). The lowest BCUT2D eigenvalue weighted by Crippen LogP contribution is -2.24. The summed E-state index contributed by atoms with van der Waals surface area (Å²) >= 11 is 0. The number of rotatable bonds is 11. The number of benzene rings is 1. The van der Waals surface area contributed by atoms with Crippen molar-refractivity contribution in [2.75, 3.05) is 18.6 Å². The van der Waals surface area contributed by atoms with Crippen LogP contribution in [0.4, 0.5) is 17.1 Å². The topological polar surface area (TPSA) is 180 Å². The fourth-order valence-electron chi connectivity index (χ4n) is 2.00. The average molecular weight is 410 g/mol. The van der Waals surface area contributed by atoms with Crippen molar-refractivity contribution in [1.29, 1.82) is 0 Å². The third-order valence-electron chi connectivity index (χ3n) is 3.25. The molecule has 0 aliphatic rings. The highest BCUT2D eigenvalue weighted by molar-refractivity contribution is 6.44. The van der Waals surface area contributed by atoms with E-state index in [4.69, 9.17) is 4.74 Å². The van der Waals surface area contributed by atoms with Crippen LogP contribution in [-0.4, -0.2) is 46.5 Å². The molecule has 0 amide bonds. The van der Waals surface area contributed by atoms with Crippen molar-refractivity contribution in [2.24, 2.45) is 5.10 Å². The zero-order valence-electron chi connectivity index (χ0n) is 15.6. The summed E-state index contributed by atoms with van der Waals surface area (Å²) in [6.45, 7) is 3.18. The summed E-state index contributed by atoms with van der Waals surface area (Å²) < 4.78 is 9.39. The highest BCUT2D eigenvalue weighted by atomic mass is 16.6. The molecule has 1 aromatic carbocycles. The van der Waals surface area contributed by atoms with E-state index in [1.54, 1.807) is 13.8 Å². The van der Waals surface area contributed by atoms with Crippen LogP contribution in [0.2, 0.25) is 0 Å². The van der Waals surface area contributed by atoms with E-state index < -0.39 is 57.5 Å². The molecule has 0 saturated heterocycles. The first-order valence-electron chi connectivity index (χ1n) is 8.29. The molecule has 0 heterocycles. The molecule has 1 N–H and O–H groups in total. The number of carbonyl (C=O) groups excluding carboxylic acids is 3. The second-order valence-electron chi connectivity index (χ2n) is 5.27. The molecule has 0 aliphatic carbocycles. The van der Waals surface area contributed by atoms with Crippen LogP contribution >= 0.6 is 0 Å². The van der Waals surface area contributed by atoms with Gasteiger partial charge < -0.3 is 9.47 Å². The molecular formula is C16H18N4O9. The second kappa shape index (κ2) is 11.1. The molecule has 0 aromatic heterocycles. The molecule has 156 valence electrons. The number of hydrogen-bond donors (Lipinski definition) is 1. The van der Waals surface area contributed by atoms with Gasteiger partial charge in [0.25, 0.3) is 5.69 Å². The number of carbonyl (C=O) groups is 3. The number of Topliss-reactive ketones (excluding diaryl/α,β-unsaturated/α-hetero) is 1. The van der Waals surface area contributed by atoms with Gasteiger partial charge in [-0.15, -0.1) is 0 Å². The van der Waals surface area contributed by atoms with Crippen molar-refractivity contribution >= 4 is 40.5 Å². The Morgan fingerprint density at radius 3 is 2.10 bits per heavy atom. The Bertz CT molecular complexity index is 851. The molecule has 1 aromatic rings. The number of hydrazone groups is 1. The van der Waals surface area contributed by atoms with Gasteiger partial charge in [-0.25, -0.2) is 0 Å². The minimum Gasteiger partial charge on any atom is -0.466 e. The van der Waals surface area contributed by atoms with Crippen molar-refractivity contribution in [1.82, 2.24) is 0 Å². The molecule has 0 aliphatic heterocycles. The van der Waals surface area contributed by atoms with E-state index in [9.17, 15) is 34.6 Å². The molecule has 13 heteroatoms. The summed E-state index contributed by atoms with van der Waals surface area (Å²) in [6, 6.07) is 2.73. The number of nitrogens with zero attached hydrogens (tertiary/aromatic N) is 3. The predicted molar refractivity (Wildman–Crippen MR) is 98.3 cm³/mol. The highest BCUT2D eigenvalue weighted by Crippen LogP contribution is 2.29. The first kappa shape index (κ1) is 23.1. The molecule has 0 unspecified atom stereocenters. The second-order valence-corrected chi connectivity index (χ2v) is 5.27. The third-order valence-corrected chi connectivity index (χ3v) is 3.25. The lowest BCUT2D eigenvalue weighted by molar-refractivity contribution is -0.393. The van der Waals surface area contributed by atoms with Gasteiger partial charge in [0, 0.05) is 6.07 Å². The first-order chi connectivity index (χ1) is 13.7. The standard InChI is InChI=1S/C16H18N4O9/c1-3-28-15(22)8-12(14(21)9-16(23)29-4-2)18-17-11-6-5-10(19(24)25)7-13(11)20(26)27/h5-7,17H,3-4,8-9H2,1-2H3. The van der Waals surface area contributed by atoms with Gasteiger partial charge in [0.05, 0.1) is 35.5 Å². The van der Waals surface area contributed by atoms with Gasteiger partial charge in [0.2, 0.25) is 0 Å². The van der Waals surface area contributed by atoms with Gasteiger partial charge >= 0.3 is 17.6 Å². The largest absolute Gasteiger partial charge is 0.466 e. The maximum absolute atomic E-state index is 12.2. The van der Waals surface area contributed by atoms with E-state index in [-0.39, 0.29) is 18.9 Å². The van der Waals surface area contributed by atoms with Gasteiger partial charge in [-0.3, -0.25) is 40.0 Å². The molecule has 0 fully saturated rings. The van der Waals surface area contributed by atoms with Crippen molar-refractivity contribution in [3.05, 3.63) is 38.4 Å². The zero-order chi connectivity index (χ0) is 22.0. The van der Waals surface area contributed by atoms with E-state index >= 15 is 0 Å². The van der Waals surface area contributed by atoms with Crippen LogP contribution in [0.3, 0.4) is 0 Å². The number of nitro groups is 2. The summed E-state index contributed by atoms with van der Waals surface area (Å²) in [6.07, 6.45) is -1.30. The van der Waals surface area contributed by atoms with Crippen molar-refractivity contribution < 1.29 is 33.7 Å². The van der Waals surface area contributed by atoms with E-state index in [1.807, 2.05) is 0 Å². The monoisotopic (exact) mass is 410 g/mol. The van der Waals surface area contributed by atoms with Gasteiger partial charge in [0.1, 0.15) is 17.8 Å². The molecule has 0 atom stereocenters. The summed E-state index contributed by atoms with van der Waals surface area (Å²) in [5.74, 6) is -2.49. The molecule has 29 heavy (non-hydrogen) atoms. The smallest absolute Gasteiger partial charge is 0.313 e. The quantitative estimate of drug-likeness (QED) is 0.185. The Hall–Kier alpha value is -3.90. The van der Waals surface area contributed by atoms with Crippen molar-refractivity contribution in [2.45, 2.75) is 26.7 Å². The zero-order valence-corrected chi connectivity index (χ0v) is 15.6. The number of nitrogens with one attached hydrogen (secondary N) is 1. The summed E-state index contributed by atoms with van der Waals surface area (Å²) in [5.41, 5.74) is 0.365. The van der Waals surface area contributed by atoms with Gasteiger partial charge in [-0.1, -0.05) is 0 Å². The van der Waals surface area contributed by atoms with Crippen molar-refractivity contribution in [3.63, 3.8) is 0 Å². The van der Waals surface area contributed by atoms with Crippen LogP contribution in [0.25, 0.3) is 0 Å². The Labute approximate surface area is 164 Å². The Morgan fingerprint density at radius 1 is 1.00 bits per heavy atom. The van der Waals surface area contributed by atoms with Crippen LogP contribution < -0.4 is 5.43 Å². The summed E-state index contributed by atoms with van der Waals surface area (Å²) in [5, 5.41) is 25.6. The van der Waals surface area contributed by atoms with Crippen molar-refractivity contribution in [3.8, 4) is 0 Å². The number of nitro benzene ring substituents is 2. The lowest BCUT2D eigenvalue weighted by atomic mass is 10.1. The first-order valence-corrected chi connectivity index (χ1v) is 8.29. The minimum atomic E-state index is -0.879. The highest BCUT2D eigenvalue weighted by Gasteiger charge is 2.23. The molecule has 13 nitrogen and oxygen atoms in total. The molecule has 0 bridgehead atoms. The predicted octanol–water partition coefficient (Wildman–Crippen LogP) is 1.75. The SMILES string of the molecule is CCOC(=O)CC(=O)C(CC(=O)OCC)=NNc1ccc([N+](=O)[O-])cc1[N+](=O)[O-]. The van der Waals surface area contributed by atoms with E-state index in [1.165, 1.54) is 0 Å². The van der Waals surface area contributed by atoms with E-state index in [0.717, 1.165) is 12.1 Å². The van der Waals surface area contributed by atoms with Crippen LogP contribution in [0.1, 0.15) is 26.7 Å². The Balaban J connectivity index is 3.17. The number of anilines is 1. The third kappa shape index (κ3) is 7.32. The maximum atomic E-state index is 12.2. The number of ketones is 1. The fraction of sp³-hybridized carbons (Fsp3) is 0.375. The molecule has 0 spiro atoms. The van der Waals surface area contributed by atoms with Gasteiger partial charge in [0.15, 0.2) is 5.78 Å². The Kier molecular flexibility index (Phi) is 8.82. The molecule has 0 radical (unpaired) electrons. The van der Waals surface area contributed by atoms with E-state index in [0.29, 0.717) is 6.07 Å². The van der Waals surface area contributed by atoms with E-state index in [2.05, 4.69) is 15.3 Å².